The zero-order valence-corrected chi connectivity index (χ0v) is 52.9. The summed E-state index contributed by atoms with van der Waals surface area (Å²) < 4.78 is 4.76. The van der Waals surface area contributed by atoms with Crippen LogP contribution in [0.5, 0.6) is 5.75 Å². The van der Waals surface area contributed by atoms with Crippen LogP contribution in [0.15, 0.2) is 212 Å². The Labute approximate surface area is 509 Å². The van der Waals surface area contributed by atoms with Crippen LogP contribution < -0.4 is 4.90 Å². The van der Waals surface area contributed by atoms with Crippen molar-refractivity contribution in [3.05, 3.63) is 240 Å². The fourth-order valence-electron chi connectivity index (χ4n) is 12.0. The summed E-state index contributed by atoms with van der Waals surface area (Å²) in [6.45, 7) is 34.4. The van der Waals surface area contributed by atoms with Gasteiger partial charge in [0, 0.05) is 56.5 Å². The fraction of sp³-hybridized carbons (Fsp3) is 0.250. The number of aromatic nitrogens is 4. The Morgan fingerprint density at radius 2 is 0.837 bits per heavy atom. The number of para-hydroxylation sites is 4. The molecular weight excluding hydrogens is 1050 g/mol. The number of aromatic hydroxyl groups is 1. The molecule has 3 aromatic heterocycles. The van der Waals surface area contributed by atoms with Gasteiger partial charge in [0.15, 0.2) is 0 Å². The number of anilines is 3. The first kappa shape index (κ1) is 57.4. The zero-order valence-electron chi connectivity index (χ0n) is 52.9. The lowest BCUT2D eigenvalue weighted by Gasteiger charge is -2.27. The Hall–Kier alpha value is -9.00. The van der Waals surface area contributed by atoms with Crippen LogP contribution >= 0.6 is 0 Å². The molecule has 6 heteroatoms. The van der Waals surface area contributed by atoms with Crippen LogP contribution in [-0.2, 0) is 27.1 Å². The number of imidazole rings is 1. The number of nitrogens with zero attached hydrogens (tertiary/aromatic N) is 5. The topological polar surface area (TPSA) is 59.1 Å². The SMILES string of the molecule is CC(C)(C)c1cc(-n2c(-c3ccccc3O)nc3c(-c4cc(-c5cc(-c6ccc7c(c6)c6ccccc6n7-c6cc(C(C)(C)C)cc(C(C)(C)C)c6)ccn5)cc(N(c5ccccc5)c5ccccc5)c4)cc(C(C)(C)C)cc32)cc(C(C)(C)C)c1. The summed E-state index contributed by atoms with van der Waals surface area (Å²) >= 11 is 0. The van der Waals surface area contributed by atoms with E-state index in [-0.39, 0.29) is 32.8 Å². The monoisotopic (exact) mass is 1130 g/mol. The molecule has 3 heterocycles. The molecule has 0 fully saturated rings. The van der Waals surface area contributed by atoms with E-state index in [2.05, 4.69) is 300 Å². The van der Waals surface area contributed by atoms with Crippen LogP contribution in [0.3, 0.4) is 0 Å². The second kappa shape index (κ2) is 21.2. The number of fused-ring (bicyclic) bond motifs is 4. The lowest BCUT2D eigenvalue weighted by atomic mass is 9.80. The Morgan fingerprint density at radius 3 is 1.41 bits per heavy atom. The standard InChI is InChI=1S/C80H81N5O/c1-76(2,3)55-43-56(77(4,5)6)46-63(45-55)84-70-32-24-22-30-65(70)68-41-51(34-35-71(68)84)52-36-37-81-69(42-52)54-38-53(39-62(40-54)83(60-26-18-16-19-27-60)61-28-20-17-21-29-61)67-49-59(80(13,14)15)50-72-74(67)82-75(66-31-23-25-33-73(66)86)85(72)64-47-57(78(7,8)9)44-58(48-64)79(10,11)12/h16-50,86H,1-15H3. The summed E-state index contributed by atoms with van der Waals surface area (Å²) in [4.78, 5) is 13.3. The van der Waals surface area contributed by atoms with E-state index in [0.29, 0.717) is 11.4 Å². The van der Waals surface area contributed by atoms with Crippen molar-refractivity contribution >= 4 is 49.9 Å². The van der Waals surface area contributed by atoms with Gasteiger partial charge < -0.3 is 14.6 Å². The molecule has 0 saturated heterocycles. The lowest BCUT2D eigenvalue weighted by Crippen LogP contribution is -2.17. The molecule has 0 saturated carbocycles. The van der Waals surface area contributed by atoms with Gasteiger partial charge >= 0.3 is 0 Å². The number of benzene rings is 9. The molecule has 12 aromatic rings. The molecule has 0 spiro atoms. The summed E-state index contributed by atoms with van der Waals surface area (Å²) in [7, 11) is 0. The fourth-order valence-corrected chi connectivity index (χ4v) is 12.0. The second-order valence-corrected chi connectivity index (χ2v) is 28.8. The van der Waals surface area contributed by atoms with Crippen LogP contribution in [0.25, 0.3) is 89.1 Å². The maximum Gasteiger partial charge on any atom is 0.149 e. The highest BCUT2D eigenvalue weighted by Gasteiger charge is 2.29. The van der Waals surface area contributed by atoms with Crippen molar-refractivity contribution in [3.63, 3.8) is 0 Å². The van der Waals surface area contributed by atoms with Gasteiger partial charge in [-0.1, -0.05) is 189 Å². The van der Waals surface area contributed by atoms with Gasteiger partial charge in [-0.25, -0.2) is 4.98 Å². The number of pyridine rings is 1. The van der Waals surface area contributed by atoms with Gasteiger partial charge in [0.1, 0.15) is 11.6 Å². The molecule has 86 heavy (non-hydrogen) atoms. The van der Waals surface area contributed by atoms with Crippen molar-refractivity contribution in [1.82, 2.24) is 19.1 Å². The first-order chi connectivity index (χ1) is 40.7. The maximum absolute atomic E-state index is 11.8. The maximum atomic E-state index is 11.8. The van der Waals surface area contributed by atoms with Crippen molar-refractivity contribution in [1.29, 1.82) is 0 Å². The van der Waals surface area contributed by atoms with Crippen molar-refractivity contribution in [2.24, 2.45) is 0 Å². The van der Waals surface area contributed by atoms with Crippen LogP contribution in [0, 0.1) is 0 Å². The number of hydrogen-bond acceptors (Lipinski definition) is 4. The first-order valence-electron chi connectivity index (χ1n) is 30.4. The van der Waals surface area contributed by atoms with E-state index < -0.39 is 0 Å². The van der Waals surface area contributed by atoms with Crippen LogP contribution in [0.2, 0.25) is 0 Å². The van der Waals surface area contributed by atoms with Gasteiger partial charge in [0.25, 0.3) is 0 Å². The molecule has 1 N–H and O–H groups in total. The minimum atomic E-state index is -0.257. The lowest BCUT2D eigenvalue weighted by molar-refractivity contribution is 0.477. The number of rotatable bonds is 9. The molecule has 12 rings (SSSR count). The summed E-state index contributed by atoms with van der Waals surface area (Å²) in [5, 5.41) is 14.2. The van der Waals surface area contributed by atoms with E-state index in [9.17, 15) is 5.11 Å². The predicted octanol–water partition coefficient (Wildman–Crippen LogP) is 21.8. The molecule has 0 unspecified atom stereocenters. The van der Waals surface area contributed by atoms with E-state index in [0.717, 1.165) is 72.9 Å². The molecule has 0 amide bonds. The Bertz CT molecular complexity index is 4440. The zero-order chi connectivity index (χ0) is 60.8. The predicted molar refractivity (Wildman–Crippen MR) is 365 cm³/mol. The average Bonchev–Trinajstić information content (AvgIpc) is 1.59. The molecule has 0 radical (unpaired) electrons. The van der Waals surface area contributed by atoms with Crippen LogP contribution in [-0.4, -0.2) is 24.2 Å². The van der Waals surface area contributed by atoms with Crippen LogP contribution in [0.4, 0.5) is 17.1 Å². The molecule has 0 bridgehead atoms. The molecule has 0 aliphatic carbocycles. The van der Waals surface area contributed by atoms with E-state index in [4.69, 9.17) is 9.97 Å². The van der Waals surface area contributed by atoms with Crippen molar-refractivity contribution in [3.8, 4) is 62.0 Å². The summed E-state index contributed by atoms with van der Waals surface area (Å²) in [5.74, 6) is 0.845. The average molecular weight is 1130 g/mol. The highest BCUT2D eigenvalue weighted by atomic mass is 16.3. The Morgan fingerprint density at radius 1 is 0.349 bits per heavy atom. The molecule has 0 aliphatic rings. The van der Waals surface area contributed by atoms with Gasteiger partial charge in [-0.15, -0.1) is 0 Å². The second-order valence-electron chi connectivity index (χ2n) is 28.8. The van der Waals surface area contributed by atoms with Crippen molar-refractivity contribution in [2.75, 3.05) is 4.90 Å². The molecule has 432 valence electrons. The molecule has 0 atom stereocenters. The summed E-state index contributed by atoms with van der Waals surface area (Å²) in [5.41, 5.74) is 21.7. The molecule has 0 aliphatic heterocycles. The number of hydrogen-bond donors (Lipinski definition) is 1. The van der Waals surface area contributed by atoms with Gasteiger partial charge in [-0.2, -0.15) is 0 Å². The smallest absolute Gasteiger partial charge is 0.149 e. The van der Waals surface area contributed by atoms with Gasteiger partial charge in [0.2, 0.25) is 0 Å². The van der Waals surface area contributed by atoms with E-state index in [1.807, 2.05) is 24.4 Å². The van der Waals surface area contributed by atoms with Crippen molar-refractivity contribution in [2.45, 2.75) is 131 Å². The van der Waals surface area contributed by atoms with Gasteiger partial charge in [-0.05, 0) is 193 Å². The number of phenolic OH excluding ortho intramolecular Hbond substituents is 1. The summed E-state index contributed by atoms with van der Waals surface area (Å²) in [6, 6.07) is 74.8. The van der Waals surface area contributed by atoms with Gasteiger partial charge in [-0.3, -0.25) is 9.55 Å². The largest absolute Gasteiger partial charge is 0.507 e. The van der Waals surface area contributed by atoms with Crippen LogP contribution in [0.1, 0.15) is 132 Å². The molecule has 6 nitrogen and oxygen atoms in total. The van der Waals surface area contributed by atoms with Crippen molar-refractivity contribution < 1.29 is 5.11 Å². The minimum Gasteiger partial charge on any atom is -0.507 e. The highest BCUT2D eigenvalue weighted by Crippen LogP contribution is 2.46. The third-order valence-corrected chi connectivity index (χ3v) is 17.2. The molecular formula is C80H81N5O. The highest BCUT2D eigenvalue weighted by molar-refractivity contribution is 6.10. The molecule has 9 aromatic carbocycles. The first-order valence-corrected chi connectivity index (χ1v) is 30.4. The van der Waals surface area contributed by atoms with E-state index in [1.54, 1.807) is 6.07 Å². The Balaban J connectivity index is 1.10. The van der Waals surface area contributed by atoms with E-state index >= 15 is 0 Å². The normalized spacial score (nSPS) is 12.6. The quantitative estimate of drug-likeness (QED) is 0.156. The third-order valence-electron chi connectivity index (χ3n) is 17.2. The minimum absolute atomic E-state index is 0.0269. The Kier molecular flexibility index (Phi) is 14.2. The van der Waals surface area contributed by atoms with Gasteiger partial charge in [0.05, 0.1) is 33.3 Å². The summed E-state index contributed by atoms with van der Waals surface area (Å²) in [6.07, 6.45) is 1.96. The van der Waals surface area contributed by atoms with E-state index in [1.165, 1.54) is 49.7 Å². The third kappa shape index (κ3) is 10.9. The number of phenols is 1.